The average molecular weight is 719 g/mol. The minimum atomic E-state index is -4.58. The number of carbonyl (C=O) groups excluding carboxylic acids is 2. The lowest BCUT2D eigenvalue weighted by molar-refractivity contribution is -0.154. The first-order chi connectivity index (χ1) is 23.2. The summed E-state index contributed by atoms with van der Waals surface area (Å²) in [5, 5.41) is 3.83. The molecule has 0 spiro atoms. The van der Waals surface area contributed by atoms with Crippen molar-refractivity contribution >= 4 is 39.0 Å². The number of ether oxygens (including phenoxy) is 1. The minimum Gasteiger partial charge on any atom is -0.454 e. The van der Waals surface area contributed by atoms with Gasteiger partial charge in [0.1, 0.15) is 11.6 Å². The van der Waals surface area contributed by atoms with Gasteiger partial charge in [-0.1, -0.05) is 61.3 Å². The van der Waals surface area contributed by atoms with E-state index in [0.29, 0.717) is 54.7 Å². The highest BCUT2D eigenvalue weighted by molar-refractivity contribution is 7.93. The number of nitrogens with zero attached hydrogens (tertiary/aromatic N) is 3. The Balaban J connectivity index is 1.10. The molecule has 3 saturated carbocycles. The number of hydrogen-bond donors (Lipinski definition) is 1. The second-order valence-corrected chi connectivity index (χ2v) is 16.5. The number of rotatable bonds is 17. The molecule has 1 aromatic heterocycles. The van der Waals surface area contributed by atoms with E-state index >= 15 is 0 Å². The van der Waals surface area contributed by atoms with E-state index in [-0.39, 0.29) is 36.2 Å². The van der Waals surface area contributed by atoms with Crippen LogP contribution in [0.5, 0.6) is 6.01 Å². The highest BCUT2D eigenvalue weighted by Crippen LogP contribution is 2.53. The summed E-state index contributed by atoms with van der Waals surface area (Å²) in [6.45, 7) is 0.386. The van der Waals surface area contributed by atoms with Crippen LogP contribution in [0.4, 0.5) is 19.1 Å². The lowest BCUT2D eigenvalue weighted by Crippen LogP contribution is -2.33. The van der Waals surface area contributed by atoms with E-state index in [1.165, 1.54) is 0 Å². The number of alkyl halides is 3. The van der Waals surface area contributed by atoms with E-state index in [2.05, 4.69) is 20.3 Å². The summed E-state index contributed by atoms with van der Waals surface area (Å²) in [5.74, 6) is -0.629. The van der Waals surface area contributed by atoms with Crippen LogP contribution in [0.3, 0.4) is 0 Å². The maximum Gasteiger partial charge on any atom is 0.422 e. The van der Waals surface area contributed by atoms with Gasteiger partial charge in [0.05, 0.1) is 10.3 Å². The highest BCUT2D eigenvalue weighted by atomic mass is 35.5. The number of sulfone groups is 1. The van der Waals surface area contributed by atoms with Gasteiger partial charge < -0.3 is 10.1 Å². The monoisotopic (exact) mass is 718 g/mol. The molecule has 3 fully saturated rings. The molecule has 0 unspecified atom stereocenters. The summed E-state index contributed by atoms with van der Waals surface area (Å²) in [6, 6.07) is 13.5. The quantitative estimate of drug-likeness (QED) is 0.144. The van der Waals surface area contributed by atoms with Crippen LogP contribution in [0.2, 0.25) is 5.02 Å². The van der Waals surface area contributed by atoms with Gasteiger partial charge in [-0.15, -0.1) is 0 Å². The van der Waals surface area contributed by atoms with Gasteiger partial charge in [-0.2, -0.15) is 28.1 Å². The highest BCUT2D eigenvalue weighted by Gasteiger charge is 2.57. The van der Waals surface area contributed by atoms with Crippen LogP contribution < -0.4 is 10.1 Å². The number of hydrogen-bond acceptors (Lipinski definition) is 9. The molecule has 0 atom stereocenters. The van der Waals surface area contributed by atoms with Crippen molar-refractivity contribution in [1.82, 2.24) is 15.0 Å². The Morgan fingerprint density at radius 3 is 2.16 bits per heavy atom. The van der Waals surface area contributed by atoms with Crippen molar-refractivity contribution in [1.29, 1.82) is 0 Å². The molecule has 3 aliphatic carbocycles. The Bertz CT molecular complexity index is 1820. The van der Waals surface area contributed by atoms with Crippen molar-refractivity contribution in [2.45, 2.75) is 94.0 Å². The summed E-state index contributed by atoms with van der Waals surface area (Å²) in [4.78, 5) is 38.9. The van der Waals surface area contributed by atoms with Crippen molar-refractivity contribution < 1.29 is 35.9 Å². The summed E-state index contributed by atoms with van der Waals surface area (Å²) in [5.41, 5.74) is 0.851. The zero-order valence-corrected chi connectivity index (χ0v) is 28.7. The van der Waals surface area contributed by atoms with Crippen molar-refractivity contribution in [3.63, 3.8) is 0 Å². The van der Waals surface area contributed by atoms with Crippen LogP contribution >= 0.6 is 11.6 Å². The summed E-state index contributed by atoms with van der Waals surface area (Å²) >= 11 is 6.04. The molecule has 49 heavy (non-hydrogen) atoms. The Kier molecular flexibility index (Phi) is 9.55. The lowest BCUT2D eigenvalue weighted by Gasteiger charge is -2.19. The van der Waals surface area contributed by atoms with E-state index in [1.807, 2.05) is 19.1 Å². The van der Waals surface area contributed by atoms with Gasteiger partial charge in [0.15, 0.2) is 28.0 Å². The maximum absolute atomic E-state index is 13.1. The maximum atomic E-state index is 13.1. The van der Waals surface area contributed by atoms with Crippen molar-refractivity contribution in [3.8, 4) is 6.01 Å². The van der Waals surface area contributed by atoms with Crippen LogP contribution in [0.15, 0.2) is 48.5 Å². The van der Waals surface area contributed by atoms with Crippen LogP contribution in [0.1, 0.15) is 98.4 Å². The Hall–Kier alpha value is -3.58. The molecule has 1 heterocycles. The minimum absolute atomic E-state index is 0.0791. The third-order valence-corrected chi connectivity index (χ3v) is 12.8. The number of benzene rings is 2. The molecular weight excluding hydrogens is 681 g/mol. The fraction of sp³-hybridized carbons (Fsp3) is 0.514. The predicted octanol–water partition coefficient (Wildman–Crippen LogP) is 7.22. The molecule has 0 saturated heterocycles. The number of carbonyl (C=O) groups is 2. The fourth-order valence-electron chi connectivity index (χ4n) is 6.44. The summed E-state index contributed by atoms with van der Waals surface area (Å²) < 4.78 is 68.9. The molecule has 9 nitrogen and oxygen atoms in total. The van der Waals surface area contributed by atoms with Crippen LogP contribution in [0, 0.1) is 5.41 Å². The van der Waals surface area contributed by atoms with Crippen molar-refractivity contribution in [2.75, 3.05) is 17.7 Å². The van der Waals surface area contributed by atoms with Crippen LogP contribution in [0.25, 0.3) is 0 Å². The molecular formula is C35H38ClF3N4O5S. The fourth-order valence-corrected chi connectivity index (χ4v) is 8.76. The van der Waals surface area contributed by atoms with E-state index < -0.39 is 50.1 Å². The molecule has 3 aromatic rings. The Morgan fingerprint density at radius 1 is 0.918 bits per heavy atom. The lowest BCUT2D eigenvalue weighted by atomic mass is 9.92. The SMILES string of the molecule is CCCC1(S(=O)(=O)CC(=O)C2(CCC(=O)c3ccc(Cc4nc(NC5(c6ccc(Cl)cc6)CC5)nc(OCC(F)(F)F)n4)cc3)CC2)CC1. The normalized spacial score (nSPS) is 18.4. The first-order valence-electron chi connectivity index (χ1n) is 16.5. The summed E-state index contributed by atoms with van der Waals surface area (Å²) in [7, 11) is -3.53. The topological polar surface area (TPSA) is 128 Å². The second-order valence-electron chi connectivity index (χ2n) is 13.7. The van der Waals surface area contributed by atoms with Gasteiger partial charge in [-0.05, 0) is 74.6 Å². The number of ketones is 2. The van der Waals surface area contributed by atoms with E-state index in [1.54, 1.807) is 36.4 Å². The molecule has 3 aliphatic rings. The molecule has 0 amide bonds. The van der Waals surface area contributed by atoms with Crippen LogP contribution in [-0.2, 0) is 26.6 Å². The molecule has 0 bridgehead atoms. The van der Waals surface area contributed by atoms with Gasteiger partial charge in [0, 0.05) is 28.8 Å². The second kappa shape index (κ2) is 13.3. The molecule has 262 valence electrons. The number of nitrogens with one attached hydrogen (secondary N) is 1. The number of aromatic nitrogens is 3. The number of anilines is 1. The average Bonchev–Trinajstić information content (AvgIpc) is 3.92. The van der Waals surface area contributed by atoms with Crippen molar-refractivity contribution in [3.05, 3.63) is 76.1 Å². The molecule has 14 heteroatoms. The number of Topliss-reactive ketones (excluding diaryl/α,β-unsaturated/α-hetero) is 2. The molecule has 1 N–H and O–H groups in total. The standard InChI is InChI=1S/C35H38ClF3N4O5S/c1-2-12-33(16-17-33)49(46,47)21-28(45)32(14-15-32)13-11-27(44)24-5-3-23(4-6-24)20-29-40-30(42-31(41-29)48-22-35(37,38)39)43-34(18-19-34)25-7-9-26(36)10-8-25/h3-10H,2,11-22H2,1H3,(H,40,41,42,43). The zero-order valence-electron chi connectivity index (χ0n) is 27.1. The van der Waals surface area contributed by atoms with Gasteiger partial charge in [-0.3, -0.25) is 9.59 Å². The molecule has 0 radical (unpaired) electrons. The Labute approximate surface area is 288 Å². The van der Waals surface area contributed by atoms with Crippen LogP contribution in [-0.4, -0.2) is 58.2 Å². The predicted molar refractivity (Wildman–Crippen MR) is 178 cm³/mol. The summed E-state index contributed by atoms with van der Waals surface area (Å²) in [6.07, 6.45) is 1.23. The Morgan fingerprint density at radius 2 is 1.59 bits per heavy atom. The van der Waals surface area contributed by atoms with Gasteiger partial charge in [0.2, 0.25) is 5.95 Å². The van der Waals surface area contributed by atoms with Gasteiger partial charge >= 0.3 is 12.2 Å². The van der Waals surface area contributed by atoms with Gasteiger partial charge in [-0.25, -0.2) is 8.42 Å². The van der Waals surface area contributed by atoms with Gasteiger partial charge in [0.25, 0.3) is 0 Å². The smallest absolute Gasteiger partial charge is 0.422 e. The van der Waals surface area contributed by atoms with Crippen molar-refractivity contribution in [2.24, 2.45) is 5.41 Å². The van der Waals surface area contributed by atoms with E-state index in [9.17, 15) is 31.2 Å². The molecule has 0 aliphatic heterocycles. The van der Waals surface area contributed by atoms with E-state index in [4.69, 9.17) is 16.3 Å². The third-order valence-electron chi connectivity index (χ3n) is 9.93. The number of halogens is 4. The molecule has 2 aromatic carbocycles. The largest absolute Gasteiger partial charge is 0.454 e. The first-order valence-corrected chi connectivity index (χ1v) is 18.6. The zero-order chi connectivity index (χ0) is 35.1. The third kappa shape index (κ3) is 8.25. The first kappa shape index (κ1) is 35.3. The molecule has 6 rings (SSSR count). The van der Waals surface area contributed by atoms with E-state index in [0.717, 1.165) is 24.8 Å².